The van der Waals surface area contributed by atoms with E-state index in [0.29, 0.717) is 0 Å². The van der Waals surface area contributed by atoms with Crippen LogP contribution in [0.5, 0.6) is 0 Å². The maximum Gasteiger partial charge on any atom is 0.326 e. The summed E-state index contributed by atoms with van der Waals surface area (Å²) >= 11 is 0. The second-order valence-corrected chi connectivity index (χ2v) is 16.6. The molecular formula is C42H51N5O5. The molecule has 2 aliphatic heterocycles. The predicted octanol–water partition coefficient (Wildman–Crippen LogP) is 7.04. The number of H-pyrrole nitrogens is 1. The Morgan fingerprint density at radius 1 is 0.904 bits per heavy atom. The number of rotatable bonds is 8. The lowest BCUT2D eigenvalue weighted by Crippen LogP contribution is -2.60. The standard InChI is InChI=1S/C42H51N5O5/c1-26-37(24-46-15-13-34(14-16-46)47-36-8-3-2-7-35(36)44-41(47)50)51-39(52-38(26)31-11-9-27(25-48)10-12-31)32-5-4-6-33(20-32)43-40(49)45-42-21-28-17-29(22-42)19-30(18-28)23-42/h2-12,20,26,28-30,34,37-39,48H,13-19,21-25H2,1H3,(H,44,50)(H2,43,45,49)/t26-,28?,29?,30?,37+,38+,39+,42?/m1/s1. The van der Waals surface area contributed by atoms with Crippen LogP contribution in [0, 0.1) is 23.7 Å². The number of piperidine rings is 1. The lowest BCUT2D eigenvalue weighted by atomic mass is 9.53. The number of imidazole rings is 1. The fourth-order valence-corrected chi connectivity index (χ4v) is 10.8. The van der Waals surface area contributed by atoms with Crippen LogP contribution in [0.2, 0.25) is 0 Å². The maximum atomic E-state index is 13.4. The van der Waals surface area contributed by atoms with Crippen LogP contribution in [0.4, 0.5) is 10.5 Å². The average molecular weight is 706 g/mol. The van der Waals surface area contributed by atoms with Crippen LogP contribution in [0.3, 0.4) is 0 Å². The molecule has 0 radical (unpaired) electrons. The number of carbonyl (C=O) groups excluding carboxylic acids is 1. The highest BCUT2D eigenvalue weighted by Crippen LogP contribution is 2.55. The van der Waals surface area contributed by atoms with Crippen LogP contribution in [0.15, 0.2) is 77.6 Å². The third-order valence-electron chi connectivity index (χ3n) is 12.9. The van der Waals surface area contributed by atoms with Crippen molar-refractivity contribution in [2.45, 2.75) is 95.0 Å². The average Bonchev–Trinajstić information content (AvgIpc) is 3.47. The zero-order chi connectivity index (χ0) is 35.4. The summed E-state index contributed by atoms with van der Waals surface area (Å²) in [5.41, 5.74) is 5.23. The third kappa shape index (κ3) is 6.59. The molecule has 4 N–H and O–H groups in total. The summed E-state index contributed by atoms with van der Waals surface area (Å²) < 4.78 is 15.5. The largest absolute Gasteiger partial charge is 0.392 e. The molecule has 4 saturated carbocycles. The first-order valence-electron chi connectivity index (χ1n) is 19.4. The molecular weight excluding hydrogens is 654 g/mol. The monoisotopic (exact) mass is 705 g/mol. The number of amides is 2. The van der Waals surface area contributed by atoms with E-state index in [0.717, 1.165) is 103 Å². The predicted molar refractivity (Wildman–Crippen MR) is 200 cm³/mol. The lowest BCUT2D eigenvalue weighted by Gasteiger charge is -2.56. The number of aromatic amines is 1. The van der Waals surface area contributed by atoms with Crippen molar-refractivity contribution in [2.24, 2.45) is 23.7 Å². The molecule has 3 aromatic carbocycles. The molecule has 10 heteroatoms. The van der Waals surface area contributed by atoms with Crippen LogP contribution in [-0.2, 0) is 16.1 Å². The van der Waals surface area contributed by atoms with Gasteiger partial charge in [-0.25, -0.2) is 9.59 Å². The number of hydrogen-bond donors (Lipinski definition) is 4. The molecule has 10 nitrogen and oxygen atoms in total. The van der Waals surface area contributed by atoms with Gasteiger partial charge in [0.05, 0.1) is 29.8 Å². The van der Waals surface area contributed by atoms with Gasteiger partial charge in [0.15, 0.2) is 6.29 Å². The van der Waals surface area contributed by atoms with Crippen molar-refractivity contribution in [2.75, 3.05) is 25.0 Å². The quantitative estimate of drug-likeness (QED) is 0.156. The Morgan fingerprint density at radius 2 is 1.62 bits per heavy atom. The zero-order valence-electron chi connectivity index (χ0n) is 30.0. The van der Waals surface area contributed by atoms with E-state index in [4.69, 9.17) is 9.47 Å². The number of aromatic nitrogens is 2. The van der Waals surface area contributed by atoms with Gasteiger partial charge in [0.25, 0.3) is 0 Å². The van der Waals surface area contributed by atoms with Crippen molar-refractivity contribution >= 4 is 22.8 Å². The number of carbonyl (C=O) groups is 1. The number of aliphatic hydroxyl groups is 1. The SMILES string of the molecule is C[C@@H]1[C@H](CN2CCC(n3c(=O)[nH]c4ccccc43)CC2)O[C@H](c2cccc(NC(=O)NC34CC5CC(CC(C5)C3)C4)c2)O[C@@H]1c1ccc(CO)cc1. The first kappa shape index (κ1) is 33.8. The van der Waals surface area contributed by atoms with E-state index in [1.165, 1.54) is 19.3 Å². The summed E-state index contributed by atoms with van der Waals surface area (Å²) in [5, 5.41) is 16.3. The molecule has 3 heterocycles. The van der Waals surface area contributed by atoms with E-state index in [2.05, 4.69) is 27.4 Å². The van der Waals surface area contributed by atoms with Gasteiger partial charge in [-0.05, 0) is 105 Å². The normalized spacial score (nSPS) is 31.9. The van der Waals surface area contributed by atoms with Crippen molar-refractivity contribution in [3.63, 3.8) is 0 Å². The molecule has 4 aromatic rings. The van der Waals surface area contributed by atoms with Crippen molar-refractivity contribution in [1.29, 1.82) is 0 Å². The van der Waals surface area contributed by atoms with Crippen LogP contribution in [0.25, 0.3) is 11.0 Å². The summed E-state index contributed by atoms with van der Waals surface area (Å²) in [6, 6.07) is 23.8. The Hall–Kier alpha value is -3.96. The van der Waals surface area contributed by atoms with Gasteiger partial charge in [0.2, 0.25) is 0 Å². The summed E-state index contributed by atoms with van der Waals surface area (Å²) in [7, 11) is 0. The van der Waals surface area contributed by atoms with Gasteiger partial charge in [-0.2, -0.15) is 0 Å². The van der Waals surface area contributed by atoms with Crippen molar-refractivity contribution < 1.29 is 19.4 Å². The minimum Gasteiger partial charge on any atom is -0.392 e. The van der Waals surface area contributed by atoms with E-state index >= 15 is 0 Å². The summed E-state index contributed by atoms with van der Waals surface area (Å²) in [5.74, 6) is 2.33. The summed E-state index contributed by atoms with van der Waals surface area (Å²) in [6.45, 7) is 4.65. The van der Waals surface area contributed by atoms with Gasteiger partial charge in [-0.1, -0.05) is 55.5 Å². The number of aliphatic hydroxyl groups excluding tert-OH is 1. The van der Waals surface area contributed by atoms with Gasteiger partial charge in [-0.3, -0.25) is 4.57 Å². The molecule has 52 heavy (non-hydrogen) atoms. The topological polar surface area (TPSA) is 121 Å². The first-order valence-corrected chi connectivity index (χ1v) is 19.4. The number of likely N-dealkylation sites (tertiary alicyclic amines) is 1. The van der Waals surface area contributed by atoms with Crippen LogP contribution in [0.1, 0.15) is 93.4 Å². The molecule has 4 bridgehead atoms. The molecule has 10 rings (SSSR count). The molecule has 274 valence electrons. The van der Waals surface area contributed by atoms with Gasteiger partial charge in [-0.15, -0.1) is 0 Å². The number of urea groups is 1. The van der Waals surface area contributed by atoms with Crippen LogP contribution < -0.4 is 16.3 Å². The van der Waals surface area contributed by atoms with E-state index in [1.807, 2.05) is 77.4 Å². The Bertz CT molecular complexity index is 1930. The van der Waals surface area contributed by atoms with Crippen molar-refractivity contribution in [3.05, 3.63) is 100.0 Å². The molecule has 2 amide bonds. The van der Waals surface area contributed by atoms with Gasteiger partial charge >= 0.3 is 11.7 Å². The zero-order valence-corrected chi connectivity index (χ0v) is 30.0. The highest BCUT2D eigenvalue weighted by atomic mass is 16.7. The fourth-order valence-electron chi connectivity index (χ4n) is 10.8. The third-order valence-corrected chi connectivity index (χ3v) is 12.9. The van der Waals surface area contributed by atoms with Gasteiger partial charge in [0, 0.05) is 48.4 Å². The molecule has 1 aromatic heterocycles. The minimum atomic E-state index is -0.626. The van der Waals surface area contributed by atoms with Gasteiger partial charge < -0.3 is 35.1 Å². The van der Waals surface area contributed by atoms with E-state index in [-0.39, 0.29) is 48.0 Å². The van der Waals surface area contributed by atoms with Crippen molar-refractivity contribution in [1.82, 2.24) is 19.8 Å². The number of para-hydroxylation sites is 2. The molecule has 2 saturated heterocycles. The number of nitrogens with zero attached hydrogens (tertiary/aromatic N) is 2. The molecule has 4 atom stereocenters. The Kier molecular flexibility index (Phi) is 8.97. The Balaban J connectivity index is 0.904. The van der Waals surface area contributed by atoms with Crippen molar-refractivity contribution in [3.8, 4) is 0 Å². The van der Waals surface area contributed by atoms with Gasteiger partial charge in [0.1, 0.15) is 0 Å². The number of ether oxygens (including phenoxy) is 2. The molecule has 0 spiro atoms. The number of nitrogens with one attached hydrogen (secondary N) is 3. The number of hydrogen-bond acceptors (Lipinski definition) is 6. The number of fused-ring (bicyclic) bond motifs is 1. The number of benzene rings is 3. The smallest absolute Gasteiger partial charge is 0.326 e. The van der Waals surface area contributed by atoms with Crippen LogP contribution >= 0.6 is 0 Å². The van der Waals surface area contributed by atoms with E-state index in [9.17, 15) is 14.7 Å². The second-order valence-electron chi connectivity index (χ2n) is 16.6. The second kappa shape index (κ2) is 13.8. The lowest BCUT2D eigenvalue weighted by molar-refractivity contribution is -0.276. The first-order chi connectivity index (χ1) is 25.3. The molecule has 0 unspecified atom stereocenters. The maximum absolute atomic E-state index is 13.4. The Morgan fingerprint density at radius 3 is 2.33 bits per heavy atom. The van der Waals surface area contributed by atoms with E-state index in [1.54, 1.807) is 0 Å². The number of anilines is 1. The highest BCUT2D eigenvalue weighted by Gasteiger charge is 2.51. The fraction of sp³-hybridized carbons (Fsp3) is 0.524. The summed E-state index contributed by atoms with van der Waals surface area (Å²) in [6.07, 6.45) is 8.12. The molecule has 4 aliphatic carbocycles. The minimum absolute atomic E-state index is 0.00736. The summed E-state index contributed by atoms with van der Waals surface area (Å²) in [4.78, 5) is 31.8. The van der Waals surface area contributed by atoms with E-state index < -0.39 is 6.29 Å². The molecule has 6 aliphatic rings. The molecule has 6 fully saturated rings. The van der Waals surface area contributed by atoms with Crippen LogP contribution in [-0.4, -0.2) is 56.9 Å². The Labute approximate surface area is 304 Å². The highest BCUT2D eigenvalue weighted by molar-refractivity contribution is 5.90.